The third-order valence-electron chi connectivity index (χ3n) is 12.0. The molecule has 0 rings (SSSR count). The van der Waals surface area contributed by atoms with Gasteiger partial charge in [-0.1, -0.05) is 237 Å². The molecule has 0 amide bonds. The molecular weight excluding hydrogens is 925 g/mol. The fourth-order valence-corrected chi connectivity index (χ4v) is 7.63. The summed E-state index contributed by atoms with van der Waals surface area (Å²) in [6.45, 7) is 6.24. The molecule has 0 radical (unpaired) electrons. The van der Waals surface area contributed by atoms with E-state index in [1.165, 1.54) is 0 Å². The fourth-order valence-electron chi connectivity index (χ4n) is 7.63. The topological polar surface area (TPSA) is 78.9 Å². The SMILES string of the molecule is CC/C=C\C/C=C\C/C=C\C/C=C\C/C=C\CCCCCCCC(=O)OCC(COC(=O)CCCCCCC/C=C\C/C=C\C/C=C\CC)OC(=O)CCCCCCC/C=C\C/C=C\C/C=C\C/C=C\C/C=C\CC. The molecule has 0 aliphatic carbocycles. The van der Waals surface area contributed by atoms with Crippen LogP contribution in [-0.2, 0) is 28.6 Å². The molecule has 75 heavy (non-hydrogen) atoms. The van der Waals surface area contributed by atoms with E-state index in [-0.39, 0.29) is 37.5 Å². The highest BCUT2D eigenvalue weighted by Gasteiger charge is 2.19. The van der Waals surface area contributed by atoms with Crippen LogP contribution in [0.15, 0.2) is 158 Å². The second-order valence-corrected chi connectivity index (χ2v) is 19.1. The number of rotatable bonds is 52. The molecule has 0 heterocycles. The molecule has 0 aliphatic heterocycles. The Hall–Kier alpha value is -4.97. The van der Waals surface area contributed by atoms with Crippen LogP contribution < -0.4 is 0 Å². The van der Waals surface area contributed by atoms with Crippen LogP contribution in [0.2, 0.25) is 0 Å². The lowest BCUT2D eigenvalue weighted by molar-refractivity contribution is -0.167. The molecule has 0 bridgehead atoms. The van der Waals surface area contributed by atoms with Crippen LogP contribution in [0.25, 0.3) is 0 Å². The predicted molar refractivity (Wildman–Crippen MR) is 325 cm³/mol. The average Bonchev–Trinajstić information content (AvgIpc) is 3.41. The zero-order chi connectivity index (χ0) is 54.3. The maximum absolute atomic E-state index is 12.9. The van der Waals surface area contributed by atoms with Crippen molar-refractivity contribution in [3.63, 3.8) is 0 Å². The van der Waals surface area contributed by atoms with Gasteiger partial charge in [0.25, 0.3) is 0 Å². The van der Waals surface area contributed by atoms with E-state index in [0.29, 0.717) is 12.8 Å². The van der Waals surface area contributed by atoms with Gasteiger partial charge in [0, 0.05) is 19.3 Å². The van der Waals surface area contributed by atoms with E-state index < -0.39 is 6.10 Å². The van der Waals surface area contributed by atoms with Crippen LogP contribution in [-0.4, -0.2) is 37.2 Å². The molecule has 0 fully saturated rings. The molecule has 420 valence electrons. The first-order valence-corrected chi connectivity index (χ1v) is 30.0. The Bertz CT molecular complexity index is 1710. The number of esters is 3. The highest BCUT2D eigenvalue weighted by molar-refractivity contribution is 5.71. The van der Waals surface area contributed by atoms with Gasteiger partial charge in [0.05, 0.1) is 0 Å². The van der Waals surface area contributed by atoms with Gasteiger partial charge in [0.1, 0.15) is 13.2 Å². The molecule has 1 atom stereocenters. The maximum atomic E-state index is 12.9. The number of allylic oxidation sites excluding steroid dienone is 26. The second-order valence-electron chi connectivity index (χ2n) is 19.1. The quantitative estimate of drug-likeness (QED) is 0.0261. The second kappa shape index (κ2) is 61.6. The number of carbonyl (C=O) groups is 3. The Morgan fingerprint density at radius 1 is 0.267 bits per heavy atom. The van der Waals surface area contributed by atoms with Gasteiger partial charge in [-0.2, -0.15) is 0 Å². The van der Waals surface area contributed by atoms with Crippen molar-refractivity contribution in [2.45, 2.75) is 245 Å². The van der Waals surface area contributed by atoms with E-state index in [4.69, 9.17) is 14.2 Å². The van der Waals surface area contributed by atoms with Crippen molar-refractivity contribution in [1.29, 1.82) is 0 Å². The van der Waals surface area contributed by atoms with Crippen molar-refractivity contribution in [2.75, 3.05) is 13.2 Å². The van der Waals surface area contributed by atoms with Crippen LogP contribution in [0.4, 0.5) is 0 Å². The van der Waals surface area contributed by atoms with Crippen LogP contribution in [0.5, 0.6) is 0 Å². The molecule has 0 N–H and O–H groups in total. The van der Waals surface area contributed by atoms with Crippen molar-refractivity contribution in [1.82, 2.24) is 0 Å². The third-order valence-corrected chi connectivity index (χ3v) is 12.0. The molecule has 1 unspecified atom stereocenters. The Labute approximate surface area is 460 Å². The maximum Gasteiger partial charge on any atom is 0.306 e. The molecule has 0 spiro atoms. The zero-order valence-corrected chi connectivity index (χ0v) is 48.0. The van der Waals surface area contributed by atoms with Gasteiger partial charge in [-0.05, 0) is 141 Å². The fraction of sp³-hybridized carbons (Fsp3) is 0.580. The van der Waals surface area contributed by atoms with Crippen LogP contribution in [0, 0.1) is 0 Å². The summed E-state index contributed by atoms with van der Waals surface area (Å²) in [6.07, 6.45) is 89.4. The molecule has 0 aromatic carbocycles. The van der Waals surface area contributed by atoms with Crippen LogP contribution in [0.1, 0.15) is 239 Å². The first kappa shape index (κ1) is 70.0. The highest BCUT2D eigenvalue weighted by Crippen LogP contribution is 2.13. The standard InChI is InChI=1S/C69H108O6/c1-4-7-10-13-16-19-22-25-28-30-32-34-36-38-41-44-47-50-53-56-59-62-68(71)74-65-66(64-73-67(70)61-58-55-52-49-46-43-40-27-24-21-18-15-12-9-6-3)75-69(72)63-60-57-54-51-48-45-42-39-37-35-33-31-29-26-23-20-17-14-11-8-5-2/h7-12,16-21,25-29,32-35,38-42,66H,4-6,13-15,22-24,30-31,36-37,43-65H2,1-3H3/b10-7-,11-8-,12-9-,19-16-,20-17-,21-18-,28-25-,29-26-,34-32-,35-33-,40-27-,41-38-,42-39-. The van der Waals surface area contributed by atoms with E-state index in [1.54, 1.807) is 0 Å². The van der Waals surface area contributed by atoms with Crippen molar-refractivity contribution in [3.05, 3.63) is 158 Å². The molecule has 0 saturated heterocycles. The average molecular weight is 1030 g/mol. The minimum absolute atomic E-state index is 0.109. The van der Waals surface area contributed by atoms with E-state index in [9.17, 15) is 14.4 Å². The van der Waals surface area contributed by atoms with Crippen LogP contribution in [0.3, 0.4) is 0 Å². The number of hydrogen-bond donors (Lipinski definition) is 0. The summed E-state index contributed by atoms with van der Waals surface area (Å²) in [6, 6.07) is 0. The van der Waals surface area contributed by atoms with Crippen molar-refractivity contribution in [3.8, 4) is 0 Å². The summed E-state index contributed by atoms with van der Waals surface area (Å²) in [5.74, 6) is -0.968. The van der Waals surface area contributed by atoms with Gasteiger partial charge >= 0.3 is 17.9 Å². The molecule has 6 heteroatoms. The largest absolute Gasteiger partial charge is 0.462 e. The minimum atomic E-state index is -0.814. The highest BCUT2D eigenvalue weighted by atomic mass is 16.6. The van der Waals surface area contributed by atoms with Gasteiger partial charge in [-0.25, -0.2) is 0 Å². The number of ether oxygens (including phenoxy) is 3. The first-order valence-electron chi connectivity index (χ1n) is 30.0. The van der Waals surface area contributed by atoms with Crippen molar-refractivity contribution in [2.24, 2.45) is 0 Å². The minimum Gasteiger partial charge on any atom is -0.462 e. The Morgan fingerprint density at radius 2 is 0.480 bits per heavy atom. The first-order chi connectivity index (χ1) is 37.0. The molecule has 0 saturated carbocycles. The lowest BCUT2D eigenvalue weighted by Gasteiger charge is -2.18. The van der Waals surface area contributed by atoms with Gasteiger partial charge in [0.15, 0.2) is 6.10 Å². The van der Waals surface area contributed by atoms with Crippen molar-refractivity contribution >= 4 is 17.9 Å². The van der Waals surface area contributed by atoms with E-state index in [0.717, 1.165) is 199 Å². The van der Waals surface area contributed by atoms with Crippen LogP contribution >= 0.6 is 0 Å². The number of hydrogen-bond acceptors (Lipinski definition) is 6. The third kappa shape index (κ3) is 59.8. The predicted octanol–water partition coefficient (Wildman–Crippen LogP) is 20.5. The Balaban J connectivity index is 4.52. The Morgan fingerprint density at radius 3 is 0.747 bits per heavy atom. The smallest absolute Gasteiger partial charge is 0.306 e. The summed E-state index contributed by atoms with van der Waals surface area (Å²) in [7, 11) is 0. The molecule has 0 aromatic rings. The monoisotopic (exact) mass is 1030 g/mol. The van der Waals surface area contributed by atoms with Gasteiger partial charge in [-0.15, -0.1) is 0 Å². The lowest BCUT2D eigenvalue weighted by Crippen LogP contribution is -2.30. The van der Waals surface area contributed by atoms with E-state index in [1.807, 2.05) is 0 Å². The van der Waals surface area contributed by atoms with E-state index in [2.05, 4.69) is 179 Å². The molecule has 0 aromatic heterocycles. The van der Waals surface area contributed by atoms with Gasteiger partial charge in [-0.3, -0.25) is 14.4 Å². The number of unbranched alkanes of at least 4 members (excludes halogenated alkanes) is 15. The summed E-state index contributed by atoms with van der Waals surface area (Å²) in [4.78, 5) is 38.3. The molecule has 0 aliphatic rings. The van der Waals surface area contributed by atoms with Gasteiger partial charge in [0.2, 0.25) is 0 Å². The molecular formula is C69H108O6. The lowest BCUT2D eigenvalue weighted by atomic mass is 10.1. The van der Waals surface area contributed by atoms with E-state index >= 15 is 0 Å². The molecule has 6 nitrogen and oxygen atoms in total. The Kier molecular flexibility index (Phi) is 57.5. The van der Waals surface area contributed by atoms with Gasteiger partial charge < -0.3 is 14.2 Å². The summed E-state index contributed by atoms with van der Waals surface area (Å²) >= 11 is 0. The summed E-state index contributed by atoms with van der Waals surface area (Å²) < 4.78 is 16.9. The summed E-state index contributed by atoms with van der Waals surface area (Å²) in [5, 5.41) is 0. The van der Waals surface area contributed by atoms with Crippen molar-refractivity contribution < 1.29 is 28.6 Å². The normalized spacial score (nSPS) is 13.3. The zero-order valence-electron chi connectivity index (χ0n) is 48.0. The summed E-state index contributed by atoms with van der Waals surface area (Å²) in [5.41, 5.74) is 0. The number of carbonyl (C=O) groups excluding carboxylic acids is 3.